The van der Waals surface area contributed by atoms with Crippen molar-refractivity contribution in [1.82, 2.24) is 0 Å². The summed E-state index contributed by atoms with van der Waals surface area (Å²) in [6.07, 6.45) is -0.399. The second-order valence-corrected chi connectivity index (χ2v) is 6.53. The molecule has 4 rings (SSSR count). The van der Waals surface area contributed by atoms with Gasteiger partial charge in [-0.2, -0.15) is 0 Å². The van der Waals surface area contributed by atoms with Crippen LogP contribution in [0.2, 0.25) is 5.02 Å². The van der Waals surface area contributed by atoms with Crippen LogP contribution in [0.1, 0.15) is 27.6 Å². The minimum Gasteiger partial charge on any atom is -0.339 e. The molecule has 1 heterocycles. The van der Waals surface area contributed by atoms with Gasteiger partial charge in [0, 0.05) is 16.1 Å². The number of ketones is 1. The number of Topliss-reactive ketones (excluding diaryl/α,β-unsaturated/α-hetero) is 1. The van der Waals surface area contributed by atoms with Gasteiger partial charge < -0.3 is 4.74 Å². The summed E-state index contributed by atoms with van der Waals surface area (Å²) >= 11 is 5.97. The summed E-state index contributed by atoms with van der Waals surface area (Å²) in [5.41, 5.74) is 1.16. The van der Waals surface area contributed by atoms with E-state index >= 15 is 0 Å². The molecule has 1 fully saturated rings. The van der Waals surface area contributed by atoms with E-state index in [1.807, 2.05) is 60.7 Å². The largest absolute Gasteiger partial charge is 0.339 e. The summed E-state index contributed by atoms with van der Waals surface area (Å²) < 4.78 is 5.90. The first kappa shape index (κ1) is 16.6. The highest BCUT2D eigenvalue weighted by atomic mass is 35.5. The number of carbonyl (C=O) groups excluding carboxylic acids is 1. The number of ether oxygens (including phenoxy) is 1. The Balaban J connectivity index is 1.73. The van der Waals surface area contributed by atoms with Crippen molar-refractivity contribution < 1.29 is 9.53 Å². The van der Waals surface area contributed by atoms with E-state index in [1.54, 1.807) is 24.3 Å². The van der Waals surface area contributed by atoms with Crippen LogP contribution in [0.25, 0.3) is 0 Å². The maximum absolute atomic E-state index is 13.1. The fraction of sp³-hybridized carbons (Fsp3) is 0.0870. The van der Waals surface area contributed by atoms with Crippen molar-refractivity contribution in [1.29, 1.82) is 0 Å². The first-order chi connectivity index (χ1) is 12.7. The molecule has 0 aromatic heterocycles. The number of rotatable bonds is 3. The molecule has 1 aliphatic heterocycles. The molecule has 3 heteroatoms. The molecule has 0 amide bonds. The molecule has 0 saturated carbocycles. The van der Waals surface area contributed by atoms with Gasteiger partial charge in [0.1, 0.15) is 6.10 Å². The number of halogens is 1. The molecular formula is C23H15ClO2. The molecule has 2 nitrogen and oxygen atoms in total. The molecule has 0 bridgehead atoms. The third-order valence-electron chi connectivity index (χ3n) is 4.33. The predicted molar refractivity (Wildman–Crippen MR) is 102 cm³/mol. The number of hydrogen-bond acceptors (Lipinski definition) is 2. The van der Waals surface area contributed by atoms with Gasteiger partial charge >= 0.3 is 0 Å². The lowest BCUT2D eigenvalue weighted by Crippen LogP contribution is -2.24. The van der Waals surface area contributed by atoms with Crippen molar-refractivity contribution >= 4 is 17.4 Å². The molecule has 1 saturated heterocycles. The number of hydrogen-bond donors (Lipinski definition) is 0. The Bertz CT molecular complexity index is 985. The van der Waals surface area contributed by atoms with Crippen molar-refractivity contribution in [2.45, 2.75) is 11.7 Å². The third kappa shape index (κ3) is 3.15. The minimum atomic E-state index is -1.16. The SMILES string of the molecule is O=C(c1ccccc1)[C@@]1(C#Cc2ccccc2)O[C@@H]1c1ccc(Cl)cc1. The predicted octanol–water partition coefficient (Wildman–Crippen LogP) is 5.08. The monoisotopic (exact) mass is 358 g/mol. The molecule has 2 atom stereocenters. The lowest BCUT2D eigenvalue weighted by atomic mass is 9.91. The highest BCUT2D eigenvalue weighted by Crippen LogP contribution is 2.51. The smallest absolute Gasteiger partial charge is 0.223 e. The maximum Gasteiger partial charge on any atom is 0.223 e. The maximum atomic E-state index is 13.1. The zero-order valence-electron chi connectivity index (χ0n) is 13.9. The summed E-state index contributed by atoms with van der Waals surface area (Å²) in [5, 5.41) is 0.643. The van der Waals surface area contributed by atoms with Gasteiger partial charge in [-0.25, -0.2) is 0 Å². The van der Waals surface area contributed by atoms with E-state index in [4.69, 9.17) is 16.3 Å². The molecule has 0 unspecified atom stereocenters. The van der Waals surface area contributed by atoms with E-state index < -0.39 is 11.7 Å². The number of carbonyl (C=O) groups is 1. The zero-order valence-corrected chi connectivity index (χ0v) is 14.6. The number of epoxide rings is 1. The zero-order chi connectivity index (χ0) is 18.0. The van der Waals surface area contributed by atoms with Gasteiger partial charge in [0.05, 0.1) is 0 Å². The summed E-state index contributed by atoms with van der Waals surface area (Å²) in [4.78, 5) is 13.1. The van der Waals surface area contributed by atoms with Crippen LogP contribution in [-0.2, 0) is 4.74 Å². The number of benzene rings is 3. The first-order valence-corrected chi connectivity index (χ1v) is 8.68. The molecule has 126 valence electrons. The summed E-state index contributed by atoms with van der Waals surface area (Å²) in [6, 6.07) is 26.0. The van der Waals surface area contributed by atoms with E-state index in [-0.39, 0.29) is 5.78 Å². The Kier molecular flexibility index (Phi) is 4.34. The Hall–Kier alpha value is -2.86. The van der Waals surface area contributed by atoms with Crippen molar-refractivity contribution in [3.8, 4) is 11.8 Å². The van der Waals surface area contributed by atoms with E-state index in [0.717, 1.165) is 11.1 Å². The summed E-state index contributed by atoms with van der Waals surface area (Å²) in [6.45, 7) is 0. The van der Waals surface area contributed by atoms with Crippen LogP contribution in [0.15, 0.2) is 84.9 Å². The minimum absolute atomic E-state index is 0.124. The summed E-state index contributed by atoms with van der Waals surface area (Å²) in [7, 11) is 0. The lowest BCUT2D eigenvalue weighted by molar-refractivity contribution is 0.0916. The van der Waals surface area contributed by atoms with E-state index in [1.165, 1.54) is 0 Å². The fourth-order valence-electron chi connectivity index (χ4n) is 2.91. The van der Waals surface area contributed by atoms with Gasteiger partial charge in [0.25, 0.3) is 0 Å². The van der Waals surface area contributed by atoms with Gasteiger partial charge in [-0.05, 0) is 29.8 Å². The van der Waals surface area contributed by atoms with E-state index in [0.29, 0.717) is 10.6 Å². The standard InChI is InChI=1S/C23H15ClO2/c24-20-13-11-19(12-14-20)22-23(26-22,16-15-17-7-3-1-4-8-17)21(25)18-9-5-2-6-10-18/h1-14,22H/t22-,23-/m1/s1. The third-order valence-corrected chi connectivity index (χ3v) is 4.58. The van der Waals surface area contributed by atoms with Gasteiger partial charge in [-0.15, -0.1) is 0 Å². The topological polar surface area (TPSA) is 29.6 Å². The molecule has 0 spiro atoms. The van der Waals surface area contributed by atoms with Crippen LogP contribution >= 0.6 is 11.6 Å². The highest BCUT2D eigenvalue weighted by molar-refractivity contribution is 6.30. The van der Waals surface area contributed by atoms with Crippen LogP contribution in [0, 0.1) is 11.8 Å². The molecule has 26 heavy (non-hydrogen) atoms. The Morgan fingerprint density at radius 2 is 1.50 bits per heavy atom. The second kappa shape index (κ2) is 6.80. The van der Waals surface area contributed by atoms with Crippen molar-refractivity contribution in [3.05, 3.63) is 107 Å². The Morgan fingerprint density at radius 3 is 2.15 bits per heavy atom. The van der Waals surface area contributed by atoms with Gasteiger partial charge in [0.2, 0.25) is 11.4 Å². The highest BCUT2D eigenvalue weighted by Gasteiger charge is 2.62. The molecular weight excluding hydrogens is 344 g/mol. The van der Waals surface area contributed by atoms with Crippen molar-refractivity contribution in [2.75, 3.05) is 0 Å². The molecule has 0 N–H and O–H groups in total. The summed E-state index contributed by atoms with van der Waals surface area (Å²) in [5.74, 6) is 6.06. The van der Waals surface area contributed by atoms with Crippen LogP contribution in [0.5, 0.6) is 0 Å². The second-order valence-electron chi connectivity index (χ2n) is 6.10. The van der Waals surface area contributed by atoms with Crippen LogP contribution < -0.4 is 0 Å². The average molecular weight is 359 g/mol. The van der Waals surface area contributed by atoms with Crippen LogP contribution in [0.4, 0.5) is 0 Å². The van der Waals surface area contributed by atoms with Crippen LogP contribution in [0.3, 0.4) is 0 Å². The van der Waals surface area contributed by atoms with Crippen LogP contribution in [-0.4, -0.2) is 11.4 Å². The lowest BCUT2D eigenvalue weighted by Gasteiger charge is -2.06. The molecule has 3 aromatic rings. The Labute approximate surface area is 157 Å². The first-order valence-electron chi connectivity index (χ1n) is 8.30. The van der Waals surface area contributed by atoms with E-state index in [2.05, 4.69) is 11.8 Å². The normalized spacial score (nSPS) is 20.7. The average Bonchev–Trinajstić information content (AvgIpc) is 3.44. The van der Waals surface area contributed by atoms with Gasteiger partial charge in [-0.3, -0.25) is 4.79 Å². The van der Waals surface area contributed by atoms with Gasteiger partial charge in [-0.1, -0.05) is 84.1 Å². The van der Waals surface area contributed by atoms with Gasteiger partial charge in [0.15, 0.2) is 0 Å². The molecule has 1 aliphatic rings. The fourth-order valence-corrected chi connectivity index (χ4v) is 3.03. The van der Waals surface area contributed by atoms with Crippen molar-refractivity contribution in [2.24, 2.45) is 0 Å². The Morgan fingerprint density at radius 1 is 0.885 bits per heavy atom. The quantitative estimate of drug-likeness (QED) is 0.371. The van der Waals surface area contributed by atoms with Crippen molar-refractivity contribution in [3.63, 3.8) is 0 Å². The van der Waals surface area contributed by atoms with E-state index in [9.17, 15) is 4.79 Å². The molecule has 0 radical (unpaired) electrons. The molecule has 3 aromatic carbocycles. The molecule has 0 aliphatic carbocycles.